The first-order chi connectivity index (χ1) is 13.1. The third-order valence-corrected chi connectivity index (χ3v) is 6.67. The maximum Gasteiger partial charge on any atom is 0.240 e. The zero-order valence-corrected chi connectivity index (χ0v) is 16.2. The van der Waals surface area contributed by atoms with Gasteiger partial charge in [-0.15, -0.1) is 0 Å². The summed E-state index contributed by atoms with van der Waals surface area (Å²) >= 11 is 0. The summed E-state index contributed by atoms with van der Waals surface area (Å²) in [6.45, 7) is 2.75. The summed E-state index contributed by atoms with van der Waals surface area (Å²) in [7, 11) is -1.84. The van der Waals surface area contributed by atoms with Crippen LogP contribution in [0.2, 0.25) is 0 Å². The minimum Gasteiger partial charge on any atom is -0.495 e. The fourth-order valence-electron chi connectivity index (χ4n) is 3.75. The highest BCUT2D eigenvalue weighted by molar-refractivity contribution is 7.89. The van der Waals surface area contributed by atoms with Crippen LogP contribution in [0.3, 0.4) is 0 Å². The van der Waals surface area contributed by atoms with Gasteiger partial charge in [0.15, 0.2) is 0 Å². The van der Waals surface area contributed by atoms with Crippen LogP contribution in [-0.4, -0.2) is 41.8 Å². The molecular formula is C20H24N2O4S. The molecule has 2 aliphatic heterocycles. The second kappa shape index (κ2) is 7.40. The van der Waals surface area contributed by atoms with Crippen molar-refractivity contribution in [2.24, 2.45) is 5.92 Å². The standard InChI is InChI=1S/C20H24N2O4S/c1-25-20-5-3-2-4-18(20)22-10-8-15(14-22)13-21-27(23,24)17-6-7-19-16(12-17)9-11-26-19/h2-7,12,15,21H,8-11,13-14H2,1H3. The van der Waals surface area contributed by atoms with Crippen molar-refractivity contribution in [3.63, 3.8) is 0 Å². The van der Waals surface area contributed by atoms with Gasteiger partial charge in [0.1, 0.15) is 11.5 Å². The lowest BCUT2D eigenvalue weighted by molar-refractivity contribution is 0.356. The number of ether oxygens (including phenoxy) is 2. The molecule has 2 aliphatic rings. The Hall–Kier alpha value is -2.25. The van der Waals surface area contributed by atoms with E-state index in [4.69, 9.17) is 9.47 Å². The number of benzene rings is 2. The molecule has 0 saturated carbocycles. The van der Waals surface area contributed by atoms with E-state index in [0.717, 1.165) is 48.7 Å². The number of anilines is 1. The maximum absolute atomic E-state index is 12.7. The Balaban J connectivity index is 1.39. The van der Waals surface area contributed by atoms with E-state index in [1.807, 2.05) is 24.3 Å². The lowest BCUT2D eigenvalue weighted by atomic mass is 10.1. The third kappa shape index (κ3) is 3.75. The van der Waals surface area contributed by atoms with Gasteiger partial charge in [0.2, 0.25) is 10.0 Å². The summed E-state index contributed by atoms with van der Waals surface area (Å²) < 4.78 is 39.0. The topological polar surface area (TPSA) is 67.9 Å². The van der Waals surface area contributed by atoms with Crippen LogP contribution in [0.4, 0.5) is 5.69 Å². The van der Waals surface area contributed by atoms with E-state index in [2.05, 4.69) is 9.62 Å². The predicted octanol–water partition coefficient (Wildman–Crippen LogP) is 2.43. The summed E-state index contributed by atoms with van der Waals surface area (Å²) in [5.41, 5.74) is 2.02. The van der Waals surface area contributed by atoms with Gasteiger partial charge in [-0.3, -0.25) is 0 Å². The van der Waals surface area contributed by atoms with Crippen molar-refractivity contribution in [3.8, 4) is 11.5 Å². The monoisotopic (exact) mass is 388 g/mol. The highest BCUT2D eigenvalue weighted by atomic mass is 32.2. The molecule has 6 nitrogen and oxygen atoms in total. The molecule has 2 heterocycles. The van der Waals surface area contributed by atoms with E-state index in [9.17, 15) is 8.42 Å². The zero-order valence-electron chi connectivity index (χ0n) is 15.3. The molecule has 1 N–H and O–H groups in total. The van der Waals surface area contributed by atoms with Gasteiger partial charge in [-0.2, -0.15) is 0 Å². The predicted molar refractivity (Wildman–Crippen MR) is 104 cm³/mol. The highest BCUT2D eigenvalue weighted by Gasteiger charge is 2.26. The Morgan fingerprint density at radius 3 is 2.96 bits per heavy atom. The Kier molecular flexibility index (Phi) is 4.97. The minimum absolute atomic E-state index is 0.266. The average Bonchev–Trinajstić information content (AvgIpc) is 3.35. The van der Waals surface area contributed by atoms with Crippen LogP contribution >= 0.6 is 0 Å². The SMILES string of the molecule is COc1ccccc1N1CCC(CNS(=O)(=O)c2ccc3c(c2)CCO3)C1. The van der Waals surface area contributed by atoms with Crippen LogP contribution in [0.25, 0.3) is 0 Å². The number of para-hydroxylation sites is 2. The van der Waals surface area contributed by atoms with Gasteiger partial charge in [-0.1, -0.05) is 12.1 Å². The fraction of sp³-hybridized carbons (Fsp3) is 0.400. The van der Waals surface area contributed by atoms with Gasteiger partial charge >= 0.3 is 0 Å². The van der Waals surface area contributed by atoms with Crippen molar-refractivity contribution in [3.05, 3.63) is 48.0 Å². The van der Waals surface area contributed by atoms with Crippen molar-refractivity contribution < 1.29 is 17.9 Å². The lowest BCUT2D eigenvalue weighted by Crippen LogP contribution is -2.31. The van der Waals surface area contributed by atoms with Crippen LogP contribution in [0.5, 0.6) is 11.5 Å². The van der Waals surface area contributed by atoms with Crippen molar-refractivity contribution in [2.75, 3.05) is 38.3 Å². The first kappa shape index (κ1) is 18.1. The number of sulfonamides is 1. The van der Waals surface area contributed by atoms with Crippen molar-refractivity contribution in [1.82, 2.24) is 4.72 Å². The normalized spacial score (nSPS) is 19.0. The molecule has 0 aliphatic carbocycles. The number of methoxy groups -OCH3 is 1. The molecule has 7 heteroatoms. The van der Waals surface area contributed by atoms with Crippen LogP contribution in [-0.2, 0) is 16.4 Å². The molecule has 1 atom stereocenters. The van der Waals surface area contributed by atoms with E-state index >= 15 is 0 Å². The van der Waals surface area contributed by atoms with Crippen LogP contribution in [0.1, 0.15) is 12.0 Å². The molecule has 0 spiro atoms. The van der Waals surface area contributed by atoms with Crippen LogP contribution < -0.4 is 19.1 Å². The minimum atomic E-state index is -3.51. The van der Waals surface area contributed by atoms with E-state index in [1.54, 1.807) is 25.3 Å². The van der Waals surface area contributed by atoms with E-state index in [1.165, 1.54) is 0 Å². The number of hydrogen-bond donors (Lipinski definition) is 1. The molecule has 1 fully saturated rings. The lowest BCUT2D eigenvalue weighted by Gasteiger charge is -2.21. The highest BCUT2D eigenvalue weighted by Crippen LogP contribution is 2.32. The molecule has 1 saturated heterocycles. The first-order valence-electron chi connectivity index (χ1n) is 9.20. The number of hydrogen-bond acceptors (Lipinski definition) is 5. The van der Waals surface area contributed by atoms with Gasteiger partial charge in [0.05, 0.1) is 24.3 Å². The van der Waals surface area contributed by atoms with Crippen molar-refractivity contribution in [2.45, 2.75) is 17.7 Å². The number of fused-ring (bicyclic) bond motifs is 1. The van der Waals surface area contributed by atoms with E-state index in [-0.39, 0.29) is 5.92 Å². The summed E-state index contributed by atoms with van der Waals surface area (Å²) in [6.07, 6.45) is 1.70. The summed E-state index contributed by atoms with van der Waals surface area (Å²) in [6, 6.07) is 13.0. The molecular weight excluding hydrogens is 364 g/mol. The smallest absolute Gasteiger partial charge is 0.240 e. The van der Waals surface area contributed by atoms with Crippen molar-refractivity contribution in [1.29, 1.82) is 0 Å². The second-order valence-electron chi connectivity index (χ2n) is 6.99. The largest absolute Gasteiger partial charge is 0.495 e. The van der Waals surface area contributed by atoms with Gasteiger partial charge in [0, 0.05) is 26.1 Å². The third-order valence-electron chi connectivity index (χ3n) is 5.24. The second-order valence-corrected chi connectivity index (χ2v) is 8.76. The Labute approximate surface area is 160 Å². The fourth-order valence-corrected chi connectivity index (χ4v) is 4.92. The summed E-state index contributed by atoms with van der Waals surface area (Å²) in [4.78, 5) is 2.57. The summed E-state index contributed by atoms with van der Waals surface area (Å²) in [5, 5.41) is 0. The van der Waals surface area contributed by atoms with Gasteiger partial charge in [0.25, 0.3) is 0 Å². The van der Waals surface area contributed by atoms with E-state index < -0.39 is 10.0 Å². The van der Waals surface area contributed by atoms with Crippen LogP contribution in [0.15, 0.2) is 47.4 Å². The molecule has 0 radical (unpaired) electrons. The average molecular weight is 388 g/mol. The summed E-state index contributed by atoms with van der Waals surface area (Å²) in [5.74, 6) is 1.90. The van der Waals surface area contributed by atoms with Crippen LogP contribution in [0, 0.1) is 5.92 Å². The van der Waals surface area contributed by atoms with Crippen molar-refractivity contribution >= 4 is 15.7 Å². The number of nitrogens with zero attached hydrogens (tertiary/aromatic N) is 1. The molecule has 144 valence electrons. The Morgan fingerprint density at radius 2 is 2.11 bits per heavy atom. The van der Waals surface area contributed by atoms with Gasteiger partial charge < -0.3 is 14.4 Å². The quantitative estimate of drug-likeness (QED) is 0.823. The molecule has 0 aromatic heterocycles. The molecule has 27 heavy (non-hydrogen) atoms. The molecule has 2 aromatic rings. The number of rotatable bonds is 6. The Bertz CT molecular complexity index is 929. The van der Waals surface area contributed by atoms with Gasteiger partial charge in [-0.05, 0) is 48.2 Å². The number of nitrogens with one attached hydrogen (secondary N) is 1. The zero-order chi connectivity index (χ0) is 18.9. The molecule has 0 amide bonds. The molecule has 0 bridgehead atoms. The molecule has 4 rings (SSSR count). The maximum atomic E-state index is 12.7. The molecule has 1 unspecified atom stereocenters. The molecule has 2 aromatic carbocycles. The Morgan fingerprint density at radius 1 is 1.26 bits per heavy atom. The van der Waals surface area contributed by atoms with Gasteiger partial charge in [-0.25, -0.2) is 13.1 Å². The first-order valence-corrected chi connectivity index (χ1v) is 10.7. The van der Waals surface area contributed by atoms with E-state index in [0.29, 0.717) is 18.0 Å².